The molecular formula is C31H30O4Si. The molecule has 4 nitrogen and oxygen atoms in total. The molecule has 0 bridgehead atoms. The van der Waals surface area contributed by atoms with E-state index in [4.69, 9.17) is 25.4 Å². The van der Waals surface area contributed by atoms with Crippen molar-refractivity contribution in [2.75, 3.05) is 27.8 Å². The normalized spacial score (nSPS) is 11.1. The highest BCUT2D eigenvalue weighted by atomic mass is 28.3. The lowest BCUT2D eigenvalue weighted by Crippen LogP contribution is -2.16. The van der Waals surface area contributed by atoms with Gasteiger partial charge in [0.05, 0.1) is 11.1 Å². The van der Waals surface area contributed by atoms with E-state index < -0.39 is 8.07 Å². The van der Waals surface area contributed by atoms with Crippen molar-refractivity contribution in [3.8, 4) is 46.4 Å². The van der Waals surface area contributed by atoms with Gasteiger partial charge in [-0.2, -0.15) is 0 Å². The minimum absolute atomic E-state index is 0.0569. The SMILES string of the molecule is C#Cc1cc2ccccc2c(-c2c(OCOC)c(C#C[Si](C)(C)C)cc3ccccc23)c1OCOC. The molecule has 0 fully saturated rings. The first kappa shape index (κ1) is 25.4. The molecule has 0 aliphatic heterocycles. The average Bonchev–Trinajstić information content (AvgIpc) is 2.87. The Labute approximate surface area is 214 Å². The first-order valence-electron chi connectivity index (χ1n) is 11.7. The zero-order valence-corrected chi connectivity index (χ0v) is 22.4. The number of hydrogen-bond donors (Lipinski definition) is 0. The second-order valence-corrected chi connectivity index (χ2v) is 14.2. The van der Waals surface area contributed by atoms with Crippen molar-refractivity contribution >= 4 is 29.6 Å². The Hall–Kier alpha value is -3.74. The monoisotopic (exact) mass is 494 g/mol. The van der Waals surface area contributed by atoms with E-state index in [-0.39, 0.29) is 13.6 Å². The Bertz CT molecular complexity index is 1510. The number of ether oxygens (including phenoxy) is 4. The third-order valence-electron chi connectivity index (χ3n) is 5.62. The van der Waals surface area contributed by atoms with Gasteiger partial charge in [-0.1, -0.05) is 80.0 Å². The molecule has 0 saturated heterocycles. The summed E-state index contributed by atoms with van der Waals surface area (Å²) in [6.45, 7) is 6.80. The lowest BCUT2D eigenvalue weighted by atomic mass is 9.89. The van der Waals surface area contributed by atoms with Crippen LogP contribution >= 0.6 is 0 Å². The van der Waals surface area contributed by atoms with Crippen LogP contribution in [0.5, 0.6) is 11.5 Å². The van der Waals surface area contributed by atoms with Gasteiger partial charge in [0.2, 0.25) is 0 Å². The second-order valence-electron chi connectivity index (χ2n) is 9.44. The number of hydrogen-bond acceptors (Lipinski definition) is 4. The first-order valence-corrected chi connectivity index (χ1v) is 15.2. The molecule has 4 rings (SSSR count). The van der Waals surface area contributed by atoms with Crippen LogP contribution in [0.15, 0.2) is 60.7 Å². The van der Waals surface area contributed by atoms with Crippen LogP contribution in [0.2, 0.25) is 19.6 Å². The topological polar surface area (TPSA) is 36.9 Å². The summed E-state index contributed by atoms with van der Waals surface area (Å²) in [5.41, 5.74) is 6.64. The van der Waals surface area contributed by atoms with Crippen molar-refractivity contribution in [3.63, 3.8) is 0 Å². The Morgan fingerprint density at radius 3 is 1.67 bits per heavy atom. The minimum atomic E-state index is -1.66. The highest BCUT2D eigenvalue weighted by molar-refractivity contribution is 6.83. The Kier molecular flexibility index (Phi) is 7.67. The molecule has 5 heteroatoms. The smallest absolute Gasteiger partial charge is 0.188 e. The van der Waals surface area contributed by atoms with E-state index in [9.17, 15) is 0 Å². The molecule has 0 N–H and O–H groups in total. The van der Waals surface area contributed by atoms with Crippen LogP contribution in [0.4, 0.5) is 0 Å². The van der Waals surface area contributed by atoms with Gasteiger partial charge < -0.3 is 18.9 Å². The van der Waals surface area contributed by atoms with Gasteiger partial charge in [0.15, 0.2) is 13.6 Å². The standard InChI is InChI=1S/C31H30O4Si/c1-7-22-18-23-12-8-10-14-26(23)28(30(22)34-20-32-2)29-27-15-11-9-13-24(27)19-25(16-17-36(4,5)6)31(29)35-21-33-3/h1,8-15,18-19H,20-21H2,2-6H3. The summed E-state index contributed by atoms with van der Waals surface area (Å²) in [5.74, 6) is 7.45. The lowest BCUT2D eigenvalue weighted by molar-refractivity contribution is 0.0500. The fourth-order valence-electron chi connectivity index (χ4n) is 4.14. The van der Waals surface area contributed by atoms with Gasteiger partial charge in [-0.3, -0.25) is 0 Å². The number of methoxy groups -OCH3 is 2. The van der Waals surface area contributed by atoms with E-state index in [2.05, 4.69) is 61.3 Å². The van der Waals surface area contributed by atoms with Gasteiger partial charge >= 0.3 is 0 Å². The van der Waals surface area contributed by atoms with Gasteiger partial charge in [0, 0.05) is 25.3 Å². The summed E-state index contributed by atoms with van der Waals surface area (Å²) in [4.78, 5) is 0. The molecule has 0 heterocycles. The number of rotatable bonds is 7. The number of benzene rings is 4. The van der Waals surface area contributed by atoms with Crippen molar-refractivity contribution in [1.82, 2.24) is 0 Å². The first-order chi connectivity index (χ1) is 17.4. The third kappa shape index (κ3) is 5.25. The third-order valence-corrected chi connectivity index (χ3v) is 6.50. The average molecular weight is 495 g/mol. The Morgan fingerprint density at radius 1 is 0.722 bits per heavy atom. The van der Waals surface area contributed by atoms with Crippen LogP contribution in [0.3, 0.4) is 0 Å². The van der Waals surface area contributed by atoms with Crippen molar-refractivity contribution in [2.45, 2.75) is 19.6 Å². The van der Waals surface area contributed by atoms with Crippen LogP contribution in [-0.2, 0) is 9.47 Å². The quantitative estimate of drug-likeness (QED) is 0.160. The van der Waals surface area contributed by atoms with Crippen LogP contribution in [0, 0.1) is 23.8 Å². The second kappa shape index (κ2) is 10.9. The van der Waals surface area contributed by atoms with E-state index in [1.807, 2.05) is 36.4 Å². The van der Waals surface area contributed by atoms with E-state index in [0.29, 0.717) is 17.1 Å². The predicted octanol–water partition coefficient (Wildman–Crippen LogP) is 6.84. The molecule has 4 aromatic carbocycles. The fourth-order valence-corrected chi connectivity index (χ4v) is 4.65. The predicted molar refractivity (Wildman–Crippen MR) is 150 cm³/mol. The van der Waals surface area contributed by atoms with E-state index in [0.717, 1.165) is 38.2 Å². The van der Waals surface area contributed by atoms with E-state index in [1.165, 1.54) is 0 Å². The van der Waals surface area contributed by atoms with Crippen LogP contribution in [0.1, 0.15) is 11.1 Å². The highest BCUT2D eigenvalue weighted by Gasteiger charge is 2.24. The Morgan fingerprint density at radius 2 is 1.19 bits per heavy atom. The maximum atomic E-state index is 6.28. The fraction of sp³-hybridized carbons (Fsp3) is 0.226. The summed E-state index contributed by atoms with van der Waals surface area (Å²) in [7, 11) is 1.53. The highest BCUT2D eigenvalue weighted by Crippen LogP contribution is 2.48. The molecule has 0 amide bonds. The largest absolute Gasteiger partial charge is 0.466 e. The van der Waals surface area contributed by atoms with Gasteiger partial charge in [-0.15, -0.1) is 12.0 Å². The summed E-state index contributed by atoms with van der Waals surface area (Å²) < 4.78 is 23.0. The lowest BCUT2D eigenvalue weighted by Gasteiger charge is -2.21. The molecule has 0 unspecified atom stereocenters. The zero-order valence-electron chi connectivity index (χ0n) is 21.4. The number of fused-ring (bicyclic) bond motifs is 2. The Balaban J connectivity index is 2.22. The van der Waals surface area contributed by atoms with Crippen molar-refractivity contribution in [2.24, 2.45) is 0 Å². The molecule has 0 aromatic heterocycles. The minimum Gasteiger partial charge on any atom is -0.466 e. The van der Waals surface area contributed by atoms with Crippen LogP contribution < -0.4 is 9.47 Å². The summed E-state index contributed by atoms with van der Waals surface area (Å²) in [6.07, 6.45) is 5.98. The molecule has 182 valence electrons. The molecular weight excluding hydrogens is 464 g/mol. The van der Waals surface area contributed by atoms with Gasteiger partial charge in [-0.05, 0) is 33.7 Å². The van der Waals surface area contributed by atoms with Gasteiger partial charge in [-0.25, -0.2) is 0 Å². The zero-order chi connectivity index (χ0) is 25.7. The summed E-state index contributed by atoms with van der Waals surface area (Å²) in [5, 5.41) is 4.05. The molecule has 0 spiro atoms. The molecule has 4 aromatic rings. The molecule has 0 radical (unpaired) electrons. The van der Waals surface area contributed by atoms with E-state index in [1.54, 1.807) is 14.2 Å². The maximum absolute atomic E-state index is 6.28. The van der Waals surface area contributed by atoms with Crippen molar-refractivity contribution in [3.05, 3.63) is 71.8 Å². The van der Waals surface area contributed by atoms with Crippen molar-refractivity contribution < 1.29 is 18.9 Å². The van der Waals surface area contributed by atoms with Crippen LogP contribution in [-0.4, -0.2) is 35.9 Å². The molecule has 0 aliphatic rings. The summed E-state index contributed by atoms with van der Waals surface area (Å²) in [6, 6.07) is 20.4. The van der Waals surface area contributed by atoms with Gasteiger partial charge in [0.1, 0.15) is 19.6 Å². The summed E-state index contributed by atoms with van der Waals surface area (Å²) >= 11 is 0. The van der Waals surface area contributed by atoms with E-state index >= 15 is 0 Å². The maximum Gasteiger partial charge on any atom is 0.188 e. The van der Waals surface area contributed by atoms with Gasteiger partial charge in [0.25, 0.3) is 0 Å². The van der Waals surface area contributed by atoms with Crippen LogP contribution in [0.25, 0.3) is 32.7 Å². The number of terminal acetylenes is 1. The van der Waals surface area contributed by atoms with Crippen molar-refractivity contribution in [1.29, 1.82) is 0 Å². The molecule has 36 heavy (non-hydrogen) atoms. The molecule has 0 aliphatic carbocycles. The molecule has 0 saturated carbocycles. The molecule has 0 atom stereocenters.